The van der Waals surface area contributed by atoms with Crippen molar-refractivity contribution in [1.82, 2.24) is 14.7 Å². The number of nitro benzene ring substituents is 1. The molecule has 0 saturated heterocycles. The summed E-state index contributed by atoms with van der Waals surface area (Å²) in [4.78, 5) is 23.9. The van der Waals surface area contributed by atoms with Crippen LogP contribution in [0, 0.1) is 10.1 Å². The Bertz CT molecular complexity index is 709. The molecule has 0 spiro atoms. The van der Waals surface area contributed by atoms with Crippen molar-refractivity contribution in [2.45, 2.75) is 0 Å². The average molecular weight is 316 g/mol. The molecule has 0 fully saturated rings. The van der Waals surface area contributed by atoms with E-state index < -0.39 is 4.92 Å². The van der Waals surface area contributed by atoms with Gasteiger partial charge in [0.2, 0.25) is 0 Å². The molecule has 2 aromatic rings. The van der Waals surface area contributed by atoms with E-state index in [1.165, 1.54) is 21.7 Å². The standard InChI is InChI=1S/C15H16N4O4/c1-2-8-17(10-11-20)15(21)14-7-9-18(16-14)12-3-5-13(6-4-12)19(22)23/h2-7,9,20H,1,8,10-11H2. The van der Waals surface area contributed by atoms with Crippen molar-refractivity contribution in [3.8, 4) is 5.69 Å². The van der Waals surface area contributed by atoms with E-state index in [-0.39, 0.29) is 30.4 Å². The number of benzene rings is 1. The van der Waals surface area contributed by atoms with Gasteiger partial charge in [-0.15, -0.1) is 6.58 Å². The molecule has 1 aromatic heterocycles. The minimum Gasteiger partial charge on any atom is -0.395 e. The van der Waals surface area contributed by atoms with E-state index in [0.717, 1.165) is 0 Å². The second-order valence-electron chi connectivity index (χ2n) is 4.68. The minimum atomic E-state index is -0.482. The van der Waals surface area contributed by atoms with Crippen LogP contribution in [-0.2, 0) is 0 Å². The lowest BCUT2D eigenvalue weighted by Crippen LogP contribution is -2.34. The Morgan fingerprint density at radius 1 is 1.39 bits per heavy atom. The van der Waals surface area contributed by atoms with Crippen molar-refractivity contribution in [3.63, 3.8) is 0 Å². The molecule has 120 valence electrons. The first-order valence-corrected chi connectivity index (χ1v) is 6.88. The van der Waals surface area contributed by atoms with Gasteiger partial charge in [0.05, 0.1) is 17.2 Å². The molecule has 1 aromatic carbocycles. The van der Waals surface area contributed by atoms with Gasteiger partial charge in [0.1, 0.15) is 0 Å². The summed E-state index contributed by atoms with van der Waals surface area (Å²) in [7, 11) is 0. The highest BCUT2D eigenvalue weighted by Gasteiger charge is 2.17. The fourth-order valence-corrected chi connectivity index (χ4v) is 2.02. The Morgan fingerprint density at radius 2 is 2.09 bits per heavy atom. The largest absolute Gasteiger partial charge is 0.395 e. The molecule has 1 heterocycles. The maximum absolute atomic E-state index is 12.3. The molecule has 1 amide bonds. The second-order valence-corrected chi connectivity index (χ2v) is 4.68. The monoisotopic (exact) mass is 316 g/mol. The predicted octanol–water partition coefficient (Wildman–Crippen LogP) is 1.40. The number of amides is 1. The van der Waals surface area contributed by atoms with Crippen molar-refractivity contribution >= 4 is 11.6 Å². The molecule has 0 unspecified atom stereocenters. The zero-order valence-electron chi connectivity index (χ0n) is 12.3. The molecule has 23 heavy (non-hydrogen) atoms. The zero-order valence-corrected chi connectivity index (χ0v) is 12.3. The molecule has 0 aliphatic carbocycles. The lowest BCUT2D eigenvalue weighted by molar-refractivity contribution is -0.384. The molecule has 8 heteroatoms. The fraction of sp³-hybridized carbons (Fsp3) is 0.200. The lowest BCUT2D eigenvalue weighted by Gasteiger charge is -2.18. The normalized spacial score (nSPS) is 10.3. The highest BCUT2D eigenvalue weighted by Crippen LogP contribution is 2.15. The Labute approximate surface area is 132 Å². The Balaban J connectivity index is 2.20. The first-order chi connectivity index (χ1) is 11.1. The highest BCUT2D eigenvalue weighted by atomic mass is 16.6. The molecule has 1 N–H and O–H groups in total. The van der Waals surface area contributed by atoms with Gasteiger partial charge < -0.3 is 10.0 Å². The van der Waals surface area contributed by atoms with Crippen molar-refractivity contribution in [2.75, 3.05) is 19.7 Å². The molecule has 0 saturated carbocycles. The predicted molar refractivity (Wildman–Crippen MR) is 83.4 cm³/mol. The number of carbonyl (C=O) groups is 1. The van der Waals surface area contributed by atoms with Gasteiger partial charge in [0.25, 0.3) is 11.6 Å². The second kappa shape index (κ2) is 7.32. The van der Waals surface area contributed by atoms with Gasteiger partial charge in [0.15, 0.2) is 5.69 Å². The maximum Gasteiger partial charge on any atom is 0.274 e. The van der Waals surface area contributed by atoms with Crippen LogP contribution in [0.4, 0.5) is 5.69 Å². The summed E-state index contributed by atoms with van der Waals surface area (Å²) in [5, 5.41) is 23.8. The number of hydrogen-bond donors (Lipinski definition) is 1. The van der Waals surface area contributed by atoms with E-state index in [2.05, 4.69) is 11.7 Å². The molecular formula is C15H16N4O4. The third-order valence-electron chi connectivity index (χ3n) is 3.14. The lowest BCUT2D eigenvalue weighted by atomic mass is 10.3. The number of hydrogen-bond acceptors (Lipinski definition) is 5. The summed E-state index contributed by atoms with van der Waals surface area (Å²) in [6.07, 6.45) is 3.17. The van der Waals surface area contributed by atoms with Gasteiger partial charge in [-0.3, -0.25) is 14.9 Å². The van der Waals surface area contributed by atoms with E-state index in [1.54, 1.807) is 30.5 Å². The van der Waals surface area contributed by atoms with Crippen LogP contribution < -0.4 is 0 Å². The average Bonchev–Trinajstić information content (AvgIpc) is 3.04. The van der Waals surface area contributed by atoms with Crippen molar-refractivity contribution in [2.24, 2.45) is 0 Å². The number of aromatic nitrogens is 2. The SMILES string of the molecule is C=CCN(CCO)C(=O)c1ccn(-c2ccc([N+](=O)[O-])cc2)n1. The van der Waals surface area contributed by atoms with Crippen LogP contribution in [0.5, 0.6) is 0 Å². The smallest absolute Gasteiger partial charge is 0.274 e. The summed E-state index contributed by atoms with van der Waals surface area (Å²) >= 11 is 0. The Hall–Kier alpha value is -3.00. The van der Waals surface area contributed by atoms with Crippen molar-refractivity contribution in [1.29, 1.82) is 0 Å². The van der Waals surface area contributed by atoms with Crippen LogP contribution in [0.3, 0.4) is 0 Å². The van der Waals surface area contributed by atoms with Crippen LogP contribution in [0.15, 0.2) is 49.2 Å². The number of rotatable bonds is 7. The van der Waals surface area contributed by atoms with Gasteiger partial charge in [-0.1, -0.05) is 6.08 Å². The topological polar surface area (TPSA) is 102 Å². The molecule has 0 atom stereocenters. The molecule has 0 aliphatic rings. The van der Waals surface area contributed by atoms with Crippen LogP contribution in [0.1, 0.15) is 10.5 Å². The summed E-state index contributed by atoms with van der Waals surface area (Å²) in [5.74, 6) is -0.320. The first-order valence-electron chi connectivity index (χ1n) is 6.88. The fourth-order valence-electron chi connectivity index (χ4n) is 2.02. The number of nitro groups is 1. The molecule has 0 radical (unpaired) electrons. The number of aliphatic hydroxyl groups excluding tert-OH is 1. The van der Waals surface area contributed by atoms with Gasteiger partial charge in [0, 0.05) is 31.4 Å². The molecule has 2 rings (SSSR count). The highest BCUT2D eigenvalue weighted by molar-refractivity contribution is 5.92. The van der Waals surface area contributed by atoms with Crippen molar-refractivity contribution < 1.29 is 14.8 Å². The summed E-state index contributed by atoms with van der Waals surface area (Å²) < 4.78 is 1.46. The van der Waals surface area contributed by atoms with E-state index in [1.807, 2.05) is 0 Å². The molecule has 0 bridgehead atoms. The zero-order chi connectivity index (χ0) is 16.8. The summed E-state index contributed by atoms with van der Waals surface area (Å²) in [6, 6.07) is 7.39. The van der Waals surface area contributed by atoms with E-state index in [4.69, 9.17) is 5.11 Å². The number of non-ortho nitro benzene ring substituents is 1. The molecule has 0 aliphatic heterocycles. The van der Waals surface area contributed by atoms with Crippen LogP contribution in [-0.4, -0.2) is 50.3 Å². The van der Waals surface area contributed by atoms with E-state index in [9.17, 15) is 14.9 Å². The van der Waals surface area contributed by atoms with Crippen LogP contribution in [0.2, 0.25) is 0 Å². The first kappa shape index (κ1) is 16.4. The number of aliphatic hydroxyl groups is 1. The van der Waals surface area contributed by atoms with Gasteiger partial charge in [-0.2, -0.15) is 5.10 Å². The Kier molecular flexibility index (Phi) is 5.21. The Morgan fingerprint density at radius 3 is 2.65 bits per heavy atom. The van der Waals surface area contributed by atoms with Crippen LogP contribution in [0.25, 0.3) is 5.69 Å². The van der Waals surface area contributed by atoms with Crippen molar-refractivity contribution in [3.05, 3.63) is 65.0 Å². The van der Waals surface area contributed by atoms with E-state index in [0.29, 0.717) is 12.2 Å². The molecule has 8 nitrogen and oxygen atoms in total. The summed E-state index contributed by atoms with van der Waals surface area (Å²) in [5.41, 5.74) is 0.808. The molecular weight excluding hydrogens is 300 g/mol. The van der Waals surface area contributed by atoms with Crippen LogP contribution >= 0.6 is 0 Å². The third kappa shape index (κ3) is 3.80. The van der Waals surface area contributed by atoms with Gasteiger partial charge in [-0.25, -0.2) is 4.68 Å². The van der Waals surface area contributed by atoms with Gasteiger partial charge in [-0.05, 0) is 18.2 Å². The quantitative estimate of drug-likeness (QED) is 0.472. The number of carbonyl (C=O) groups excluding carboxylic acids is 1. The van der Waals surface area contributed by atoms with E-state index >= 15 is 0 Å². The number of nitrogens with zero attached hydrogens (tertiary/aromatic N) is 4. The maximum atomic E-state index is 12.3. The summed E-state index contributed by atoms with van der Waals surface area (Å²) in [6.45, 7) is 3.93. The minimum absolute atomic E-state index is 0.0164. The third-order valence-corrected chi connectivity index (χ3v) is 3.14. The van der Waals surface area contributed by atoms with Gasteiger partial charge >= 0.3 is 0 Å².